The van der Waals surface area contributed by atoms with E-state index in [0.29, 0.717) is 5.92 Å². The molecule has 5 heteroatoms. The van der Waals surface area contributed by atoms with Gasteiger partial charge in [-0.2, -0.15) is 0 Å². The first kappa shape index (κ1) is 16.0. The maximum atomic E-state index is 6.34. The van der Waals surface area contributed by atoms with Crippen LogP contribution in [0, 0.1) is 5.92 Å². The Kier molecular flexibility index (Phi) is 5.02. The second kappa shape index (κ2) is 7.19. The van der Waals surface area contributed by atoms with Gasteiger partial charge in [0.15, 0.2) is 0 Å². The monoisotopic (exact) mass is 336 g/mol. The first-order valence-electron chi connectivity index (χ1n) is 9.00. The summed E-state index contributed by atoms with van der Waals surface area (Å²) >= 11 is 1.85. The van der Waals surface area contributed by atoms with Crippen molar-refractivity contribution in [1.82, 2.24) is 9.80 Å². The first-order valence-corrected chi connectivity index (χ1v) is 9.88. The topological polar surface area (TPSA) is 24.9 Å². The Morgan fingerprint density at radius 2 is 2.13 bits per heavy atom. The van der Waals surface area contributed by atoms with Gasteiger partial charge in [0, 0.05) is 31.1 Å². The largest absolute Gasteiger partial charge is 0.377 e. The Hall–Kier alpha value is -0.460. The molecule has 3 aliphatic heterocycles. The fourth-order valence-electron chi connectivity index (χ4n) is 4.34. The highest BCUT2D eigenvalue weighted by Gasteiger charge is 2.43. The van der Waals surface area contributed by atoms with Crippen molar-refractivity contribution in [3.63, 3.8) is 0 Å². The summed E-state index contributed by atoms with van der Waals surface area (Å²) in [5, 5.41) is 2.16. The zero-order valence-corrected chi connectivity index (χ0v) is 14.7. The maximum absolute atomic E-state index is 6.34. The third kappa shape index (κ3) is 3.97. The standard InChI is InChI=1S/C18H28N2O2S/c1-2-6-19(5-1)11-16-10-18(22-13-16)14-20(7-8-21-15-18)12-17-4-3-9-23-17/h3-4,9,16H,1-2,5-8,10-15H2. The van der Waals surface area contributed by atoms with Gasteiger partial charge in [-0.3, -0.25) is 4.90 Å². The van der Waals surface area contributed by atoms with E-state index in [1.165, 1.54) is 37.4 Å². The molecule has 0 radical (unpaired) electrons. The molecule has 2 unspecified atom stereocenters. The van der Waals surface area contributed by atoms with E-state index in [1.807, 2.05) is 11.3 Å². The molecule has 4 nitrogen and oxygen atoms in total. The number of hydrogen-bond acceptors (Lipinski definition) is 5. The van der Waals surface area contributed by atoms with E-state index in [1.54, 1.807) is 0 Å². The molecule has 1 aromatic rings. The summed E-state index contributed by atoms with van der Waals surface area (Å²) in [7, 11) is 0. The number of rotatable bonds is 4. The van der Waals surface area contributed by atoms with E-state index in [2.05, 4.69) is 27.3 Å². The van der Waals surface area contributed by atoms with Crippen LogP contribution in [0.3, 0.4) is 0 Å². The highest BCUT2D eigenvalue weighted by Crippen LogP contribution is 2.34. The lowest BCUT2D eigenvalue weighted by Gasteiger charge is -2.31. The second-order valence-electron chi connectivity index (χ2n) is 7.41. The van der Waals surface area contributed by atoms with Gasteiger partial charge in [0.25, 0.3) is 0 Å². The highest BCUT2D eigenvalue weighted by atomic mass is 32.1. The van der Waals surface area contributed by atoms with Crippen LogP contribution < -0.4 is 0 Å². The fourth-order valence-corrected chi connectivity index (χ4v) is 5.09. The molecule has 4 rings (SSSR count). The third-order valence-electron chi connectivity index (χ3n) is 5.39. The van der Waals surface area contributed by atoms with Gasteiger partial charge < -0.3 is 14.4 Å². The molecule has 2 atom stereocenters. The molecule has 0 saturated carbocycles. The Morgan fingerprint density at radius 1 is 1.22 bits per heavy atom. The molecular weight excluding hydrogens is 308 g/mol. The molecular formula is C18H28N2O2S. The molecule has 3 saturated heterocycles. The number of ether oxygens (including phenoxy) is 2. The average Bonchev–Trinajstić information content (AvgIpc) is 3.25. The number of likely N-dealkylation sites (tertiary alicyclic amines) is 1. The van der Waals surface area contributed by atoms with E-state index in [4.69, 9.17) is 9.47 Å². The Labute approximate surface area is 143 Å². The molecule has 23 heavy (non-hydrogen) atoms. The van der Waals surface area contributed by atoms with Crippen LogP contribution in [0.2, 0.25) is 0 Å². The van der Waals surface area contributed by atoms with Crippen molar-refractivity contribution in [3.8, 4) is 0 Å². The van der Waals surface area contributed by atoms with E-state index in [9.17, 15) is 0 Å². The van der Waals surface area contributed by atoms with Crippen LogP contribution in [0.4, 0.5) is 0 Å². The second-order valence-corrected chi connectivity index (χ2v) is 8.45. The average molecular weight is 337 g/mol. The Bertz CT molecular complexity index is 489. The van der Waals surface area contributed by atoms with Crippen LogP contribution in [0.1, 0.15) is 24.1 Å². The van der Waals surface area contributed by atoms with Crippen molar-refractivity contribution in [2.24, 2.45) is 5.92 Å². The lowest BCUT2D eigenvalue weighted by atomic mass is 9.94. The molecule has 1 aromatic heterocycles. The molecule has 0 bridgehead atoms. The van der Waals surface area contributed by atoms with Crippen LogP contribution in [0.5, 0.6) is 0 Å². The van der Waals surface area contributed by atoms with Crippen molar-refractivity contribution in [2.75, 3.05) is 52.5 Å². The quantitative estimate of drug-likeness (QED) is 0.843. The molecule has 0 N–H and O–H groups in total. The van der Waals surface area contributed by atoms with E-state index in [-0.39, 0.29) is 5.60 Å². The van der Waals surface area contributed by atoms with Gasteiger partial charge in [0.2, 0.25) is 0 Å². The van der Waals surface area contributed by atoms with Gasteiger partial charge >= 0.3 is 0 Å². The first-order chi connectivity index (χ1) is 11.3. The van der Waals surface area contributed by atoms with Crippen LogP contribution in [0.25, 0.3) is 0 Å². The summed E-state index contributed by atoms with van der Waals surface area (Å²) in [6.07, 6.45) is 3.90. The van der Waals surface area contributed by atoms with Crippen LogP contribution in [-0.4, -0.2) is 67.9 Å². The van der Waals surface area contributed by atoms with Gasteiger partial charge in [0.1, 0.15) is 5.60 Å². The summed E-state index contributed by atoms with van der Waals surface area (Å²) in [6, 6.07) is 4.37. The summed E-state index contributed by atoms with van der Waals surface area (Å²) < 4.78 is 12.3. The normalized spacial score (nSPS) is 33.5. The molecule has 0 amide bonds. The Morgan fingerprint density at radius 3 is 2.96 bits per heavy atom. The zero-order valence-electron chi connectivity index (χ0n) is 13.9. The van der Waals surface area contributed by atoms with E-state index >= 15 is 0 Å². The predicted octanol–water partition coefficient (Wildman–Crippen LogP) is 2.45. The van der Waals surface area contributed by atoms with Crippen molar-refractivity contribution >= 4 is 11.3 Å². The van der Waals surface area contributed by atoms with Gasteiger partial charge in [-0.1, -0.05) is 6.07 Å². The SMILES string of the molecule is c1csc(CN2CCOCC3(CC(CN4CCCC4)CO3)C2)c1. The zero-order chi connectivity index (χ0) is 15.5. The molecule has 128 valence electrons. The van der Waals surface area contributed by atoms with Crippen LogP contribution in [-0.2, 0) is 16.0 Å². The summed E-state index contributed by atoms with van der Waals surface area (Å²) in [6.45, 7) is 9.34. The van der Waals surface area contributed by atoms with Gasteiger partial charge in [-0.15, -0.1) is 11.3 Å². The van der Waals surface area contributed by atoms with Crippen LogP contribution in [0.15, 0.2) is 17.5 Å². The lowest BCUT2D eigenvalue weighted by Crippen LogP contribution is -2.44. The van der Waals surface area contributed by atoms with Crippen molar-refractivity contribution < 1.29 is 9.47 Å². The van der Waals surface area contributed by atoms with Gasteiger partial charge in [-0.25, -0.2) is 0 Å². The smallest absolute Gasteiger partial charge is 0.104 e. The van der Waals surface area contributed by atoms with Crippen molar-refractivity contribution in [2.45, 2.75) is 31.4 Å². The fraction of sp³-hybridized carbons (Fsp3) is 0.778. The van der Waals surface area contributed by atoms with E-state index < -0.39 is 0 Å². The summed E-state index contributed by atoms with van der Waals surface area (Å²) in [5.74, 6) is 0.679. The van der Waals surface area contributed by atoms with Crippen molar-refractivity contribution in [1.29, 1.82) is 0 Å². The number of nitrogens with zero attached hydrogens (tertiary/aromatic N) is 2. The molecule has 0 aromatic carbocycles. The molecule has 4 heterocycles. The van der Waals surface area contributed by atoms with Gasteiger partial charge in [0.05, 0.1) is 19.8 Å². The summed E-state index contributed by atoms with van der Waals surface area (Å²) in [5.41, 5.74) is -0.0713. The predicted molar refractivity (Wildman–Crippen MR) is 92.9 cm³/mol. The maximum Gasteiger partial charge on any atom is 0.104 e. The minimum absolute atomic E-state index is 0.0713. The molecule has 3 fully saturated rings. The van der Waals surface area contributed by atoms with Crippen LogP contribution >= 0.6 is 11.3 Å². The minimum Gasteiger partial charge on any atom is -0.377 e. The summed E-state index contributed by atoms with van der Waals surface area (Å²) in [4.78, 5) is 6.58. The molecule has 1 spiro atoms. The lowest BCUT2D eigenvalue weighted by molar-refractivity contribution is -0.0562. The molecule has 3 aliphatic rings. The minimum atomic E-state index is -0.0713. The Balaban J connectivity index is 1.36. The highest BCUT2D eigenvalue weighted by molar-refractivity contribution is 7.09. The number of thiophene rings is 1. The number of hydrogen-bond donors (Lipinski definition) is 0. The third-order valence-corrected chi connectivity index (χ3v) is 6.25. The van der Waals surface area contributed by atoms with Gasteiger partial charge in [-0.05, 0) is 49.7 Å². The molecule has 0 aliphatic carbocycles. The van der Waals surface area contributed by atoms with Crippen molar-refractivity contribution in [3.05, 3.63) is 22.4 Å². The van der Waals surface area contributed by atoms with E-state index in [0.717, 1.165) is 45.9 Å².